The van der Waals surface area contributed by atoms with Gasteiger partial charge in [0.25, 0.3) is 5.56 Å². The first kappa shape index (κ1) is 21.5. The van der Waals surface area contributed by atoms with E-state index >= 15 is 0 Å². The Balaban J connectivity index is 1.87. The number of benzene rings is 2. The predicted molar refractivity (Wildman–Crippen MR) is 115 cm³/mol. The van der Waals surface area contributed by atoms with Gasteiger partial charge >= 0.3 is 5.69 Å². The van der Waals surface area contributed by atoms with Crippen LogP contribution in [0.25, 0.3) is 10.9 Å². The molecule has 0 radical (unpaired) electrons. The third-order valence-corrected chi connectivity index (χ3v) is 5.27. The second-order valence-corrected chi connectivity index (χ2v) is 7.68. The maximum Gasteiger partial charge on any atom is 0.331 e. The van der Waals surface area contributed by atoms with Gasteiger partial charge in [0.15, 0.2) is 0 Å². The molecule has 1 unspecified atom stereocenters. The average Bonchev–Trinajstić information content (AvgIpc) is 2.72. The van der Waals surface area contributed by atoms with Crippen LogP contribution >= 0.6 is 0 Å². The highest BCUT2D eigenvalue weighted by Crippen LogP contribution is 2.12. The van der Waals surface area contributed by atoms with Gasteiger partial charge in [-0.05, 0) is 49.1 Å². The molecule has 1 amide bonds. The van der Waals surface area contributed by atoms with Crippen molar-refractivity contribution in [1.82, 2.24) is 14.5 Å². The van der Waals surface area contributed by atoms with Gasteiger partial charge in [-0.25, -0.2) is 9.18 Å². The van der Waals surface area contributed by atoms with Crippen molar-refractivity contribution in [2.75, 3.05) is 0 Å². The normalized spacial score (nSPS) is 12.3. The van der Waals surface area contributed by atoms with Crippen LogP contribution in [0.1, 0.15) is 26.3 Å². The molecule has 30 heavy (non-hydrogen) atoms. The predicted octanol–water partition coefficient (Wildman–Crippen LogP) is 2.71. The number of rotatable bonds is 7. The van der Waals surface area contributed by atoms with E-state index in [-0.39, 0.29) is 42.3 Å². The molecule has 0 bridgehead atoms. The Morgan fingerprint density at radius 2 is 1.70 bits per heavy atom. The number of amides is 1. The number of halogens is 1. The Hall–Kier alpha value is -3.22. The van der Waals surface area contributed by atoms with Gasteiger partial charge in [0.1, 0.15) is 12.4 Å². The second-order valence-electron chi connectivity index (χ2n) is 7.68. The molecular weight excluding hydrogens is 385 g/mol. The van der Waals surface area contributed by atoms with Gasteiger partial charge in [-0.3, -0.25) is 18.7 Å². The minimum atomic E-state index is -0.504. The van der Waals surface area contributed by atoms with Crippen LogP contribution in [0.4, 0.5) is 4.39 Å². The van der Waals surface area contributed by atoms with Crippen molar-refractivity contribution in [2.45, 2.75) is 46.3 Å². The number of hydrogen-bond donors (Lipinski definition) is 1. The molecule has 3 aromatic rings. The van der Waals surface area contributed by atoms with Gasteiger partial charge in [0.2, 0.25) is 5.91 Å². The lowest BCUT2D eigenvalue weighted by Crippen LogP contribution is -2.45. The highest BCUT2D eigenvalue weighted by molar-refractivity contribution is 5.81. The van der Waals surface area contributed by atoms with Gasteiger partial charge in [0.05, 0.1) is 10.9 Å². The molecule has 1 aromatic heterocycles. The Bertz CT molecular complexity index is 1160. The molecule has 0 saturated heterocycles. The topological polar surface area (TPSA) is 73.1 Å². The zero-order valence-corrected chi connectivity index (χ0v) is 17.4. The summed E-state index contributed by atoms with van der Waals surface area (Å²) in [5.74, 6) is -0.484. The molecule has 3 rings (SSSR count). The lowest BCUT2D eigenvalue weighted by molar-refractivity contribution is -0.122. The first-order valence-corrected chi connectivity index (χ1v) is 10.1. The van der Waals surface area contributed by atoms with E-state index in [1.807, 2.05) is 13.8 Å². The van der Waals surface area contributed by atoms with E-state index in [0.29, 0.717) is 17.3 Å². The van der Waals surface area contributed by atoms with E-state index in [0.717, 1.165) is 10.1 Å². The van der Waals surface area contributed by atoms with Gasteiger partial charge in [-0.2, -0.15) is 0 Å². The zero-order valence-electron chi connectivity index (χ0n) is 17.4. The van der Waals surface area contributed by atoms with E-state index in [4.69, 9.17) is 0 Å². The van der Waals surface area contributed by atoms with Crippen molar-refractivity contribution in [3.8, 4) is 0 Å². The van der Waals surface area contributed by atoms with Crippen LogP contribution in [-0.4, -0.2) is 21.1 Å². The summed E-state index contributed by atoms with van der Waals surface area (Å²) in [5, 5.41) is 3.39. The van der Waals surface area contributed by atoms with Gasteiger partial charge < -0.3 is 5.32 Å². The smallest absolute Gasteiger partial charge is 0.331 e. The third kappa shape index (κ3) is 4.50. The van der Waals surface area contributed by atoms with Crippen LogP contribution in [0.3, 0.4) is 0 Å². The molecule has 0 aliphatic heterocycles. The molecule has 0 aliphatic rings. The first-order chi connectivity index (χ1) is 14.3. The Kier molecular flexibility index (Phi) is 6.50. The van der Waals surface area contributed by atoms with Crippen LogP contribution < -0.4 is 16.6 Å². The third-order valence-electron chi connectivity index (χ3n) is 5.27. The highest BCUT2D eigenvalue weighted by Gasteiger charge is 2.19. The first-order valence-electron chi connectivity index (χ1n) is 10.1. The Morgan fingerprint density at radius 3 is 2.33 bits per heavy atom. The van der Waals surface area contributed by atoms with E-state index in [1.54, 1.807) is 43.3 Å². The van der Waals surface area contributed by atoms with Crippen LogP contribution in [0.15, 0.2) is 58.1 Å². The molecule has 0 aliphatic carbocycles. The summed E-state index contributed by atoms with van der Waals surface area (Å²) in [6.45, 7) is 5.75. The van der Waals surface area contributed by atoms with Crippen molar-refractivity contribution in [1.29, 1.82) is 0 Å². The van der Waals surface area contributed by atoms with E-state index in [1.165, 1.54) is 16.7 Å². The number of para-hydroxylation sites is 1. The maximum absolute atomic E-state index is 13.2. The molecule has 7 heteroatoms. The fourth-order valence-corrected chi connectivity index (χ4v) is 3.53. The highest BCUT2D eigenvalue weighted by atomic mass is 19.1. The molecule has 1 atom stereocenters. The van der Waals surface area contributed by atoms with E-state index in [9.17, 15) is 18.8 Å². The van der Waals surface area contributed by atoms with Crippen LogP contribution in [0, 0.1) is 11.7 Å². The molecule has 0 saturated carbocycles. The van der Waals surface area contributed by atoms with Crippen molar-refractivity contribution in [2.24, 2.45) is 5.92 Å². The molecule has 0 spiro atoms. The minimum absolute atomic E-state index is 0.136. The number of carbonyl (C=O) groups excluding carboxylic acids is 1. The molecule has 158 valence electrons. The molecular formula is C23H26FN3O3. The standard InChI is InChI=1S/C23H26FN3O3/c1-4-26-22(29)18-7-5-6-8-20(18)27(23(26)30)14-21(28)25-19(15(2)3)13-16-9-11-17(24)12-10-16/h5-12,15,19H,4,13-14H2,1-3H3,(H,25,28). The lowest BCUT2D eigenvalue weighted by atomic mass is 9.96. The minimum Gasteiger partial charge on any atom is -0.351 e. The van der Waals surface area contributed by atoms with Crippen LogP contribution in [0.2, 0.25) is 0 Å². The van der Waals surface area contributed by atoms with Gasteiger partial charge in [-0.15, -0.1) is 0 Å². The summed E-state index contributed by atoms with van der Waals surface area (Å²) in [5.41, 5.74) is 0.492. The van der Waals surface area contributed by atoms with Crippen LogP contribution in [0.5, 0.6) is 0 Å². The summed E-state index contributed by atoms with van der Waals surface area (Å²) >= 11 is 0. The van der Waals surface area contributed by atoms with Crippen molar-refractivity contribution in [3.05, 3.63) is 80.7 Å². The summed E-state index contributed by atoms with van der Waals surface area (Å²) in [6.07, 6.45) is 0.549. The summed E-state index contributed by atoms with van der Waals surface area (Å²) in [7, 11) is 0. The number of fused-ring (bicyclic) bond motifs is 1. The average molecular weight is 411 g/mol. The summed E-state index contributed by atoms with van der Waals surface area (Å²) < 4.78 is 15.6. The Labute approximate surface area is 174 Å². The fourth-order valence-electron chi connectivity index (χ4n) is 3.53. The summed E-state index contributed by atoms with van der Waals surface area (Å²) in [4.78, 5) is 38.2. The number of nitrogens with one attached hydrogen (secondary N) is 1. The molecule has 0 fully saturated rings. The van der Waals surface area contributed by atoms with E-state index < -0.39 is 5.69 Å². The number of nitrogens with zero attached hydrogens (tertiary/aromatic N) is 2. The monoisotopic (exact) mass is 411 g/mol. The van der Waals surface area contributed by atoms with Crippen LogP contribution in [-0.2, 0) is 24.3 Å². The van der Waals surface area contributed by atoms with Gasteiger partial charge in [0, 0.05) is 12.6 Å². The SMILES string of the molecule is CCn1c(=O)c2ccccc2n(CC(=O)NC(Cc2ccc(F)cc2)C(C)C)c1=O. The van der Waals surface area contributed by atoms with Crippen molar-refractivity contribution in [3.63, 3.8) is 0 Å². The zero-order chi connectivity index (χ0) is 21.8. The fraction of sp³-hybridized carbons (Fsp3) is 0.348. The van der Waals surface area contributed by atoms with Crippen molar-refractivity contribution >= 4 is 16.8 Å². The number of hydrogen-bond acceptors (Lipinski definition) is 3. The van der Waals surface area contributed by atoms with E-state index in [2.05, 4.69) is 5.32 Å². The molecule has 1 heterocycles. The molecule has 2 aromatic carbocycles. The number of aromatic nitrogens is 2. The summed E-state index contributed by atoms with van der Waals surface area (Å²) in [6, 6.07) is 12.8. The molecule has 1 N–H and O–H groups in total. The lowest BCUT2D eigenvalue weighted by Gasteiger charge is -2.23. The Morgan fingerprint density at radius 1 is 1.03 bits per heavy atom. The quantitative estimate of drug-likeness (QED) is 0.650. The van der Waals surface area contributed by atoms with Gasteiger partial charge in [-0.1, -0.05) is 38.1 Å². The van der Waals surface area contributed by atoms with Crippen molar-refractivity contribution < 1.29 is 9.18 Å². The largest absolute Gasteiger partial charge is 0.351 e. The second kappa shape index (κ2) is 9.07. The number of carbonyl (C=O) groups is 1. The molecule has 6 nitrogen and oxygen atoms in total. The maximum atomic E-state index is 13.2.